The number of para-hydroxylation sites is 1. The highest BCUT2D eigenvalue weighted by Gasteiger charge is 2.17. The zero-order valence-electron chi connectivity index (χ0n) is 22.5. The number of aryl methyl sites for hydroxylation is 1. The van der Waals surface area contributed by atoms with E-state index in [2.05, 4.69) is 25.8 Å². The maximum Gasteiger partial charge on any atom is 0.250 e. The van der Waals surface area contributed by atoms with E-state index in [0.29, 0.717) is 17.6 Å². The van der Waals surface area contributed by atoms with Gasteiger partial charge < -0.3 is 4.74 Å². The lowest BCUT2D eigenvalue weighted by molar-refractivity contribution is -0.118. The molecule has 1 N–H and O–H groups in total. The van der Waals surface area contributed by atoms with Gasteiger partial charge in [-0.25, -0.2) is 10.1 Å². The number of amides is 1. The Balaban J connectivity index is 1.30. The van der Waals surface area contributed by atoms with Gasteiger partial charge in [0.05, 0.1) is 35.6 Å². The highest BCUT2D eigenvalue weighted by Crippen LogP contribution is 2.29. The van der Waals surface area contributed by atoms with Crippen LogP contribution in [0.5, 0.6) is 5.75 Å². The highest BCUT2D eigenvalue weighted by molar-refractivity contribution is 7.99. The molecule has 40 heavy (non-hydrogen) atoms. The lowest BCUT2D eigenvalue weighted by atomic mass is 10.2. The van der Waals surface area contributed by atoms with Crippen molar-refractivity contribution in [2.45, 2.75) is 25.9 Å². The Morgan fingerprint density at radius 2 is 1.65 bits per heavy atom. The molecule has 0 saturated heterocycles. The van der Waals surface area contributed by atoms with Crippen molar-refractivity contribution in [3.8, 4) is 28.5 Å². The van der Waals surface area contributed by atoms with E-state index < -0.39 is 0 Å². The number of hydrogen-bond donors (Lipinski definition) is 1. The molecule has 0 unspecified atom stereocenters. The molecular weight excluding hydrogens is 522 g/mol. The van der Waals surface area contributed by atoms with Crippen molar-refractivity contribution < 1.29 is 9.53 Å². The summed E-state index contributed by atoms with van der Waals surface area (Å²) in [5.74, 6) is 1.33. The third-order valence-electron chi connectivity index (χ3n) is 6.13. The number of hydrazone groups is 1. The van der Waals surface area contributed by atoms with Crippen LogP contribution in [-0.4, -0.2) is 49.0 Å². The van der Waals surface area contributed by atoms with Gasteiger partial charge in [0.15, 0.2) is 11.0 Å². The predicted octanol–water partition coefficient (Wildman–Crippen LogP) is 5.38. The zero-order chi connectivity index (χ0) is 27.9. The van der Waals surface area contributed by atoms with E-state index in [9.17, 15) is 4.79 Å². The largest absolute Gasteiger partial charge is 0.494 e. The van der Waals surface area contributed by atoms with Gasteiger partial charge in [-0.05, 0) is 57.2 Å². The number of nitrogens with zero attached hydrogens (tertiary/aromatic N) is 6. The number of hydrogen-bond acceptors (Lipinski definition) is 7. The second kappa shape index (κ2) is 12.4. The summed E-state index contributed by atoms with van der Waals surface area (Å²) in [5.41, 5.74) is 8.01. The van der Waals surface area contributed by atoms with E-state index >= 15 is 0 Å². The maximum absolute atomic E-state index is 12.7. The average molecular weight is 552 g/mol. The van der Waals surface area contributed by atoms with Crippen LogP contribution in [-0.2, 0) is 4.79 Å². The third-order valence-corrected chi connectivity index (χ3v) is 7.06. The van der Waals surface area contributed by atoms with E-state index in [-0.39, 0.29) is 11.7 Å². The number of ether oxygens (including phenoxy) is 1. The first kappa shape index (κ1) is 26.9. The molecule has 10 heteroatoms. The van der Waals surface area contributed by atoms with Gasteiger partial charge >= 0.3 is 0 Å². The van der Waals surface area contributed by atoms with Crippen LogP contribution < -0.4 is 10.2 Å². The van der Waals surface area contributed by atoms with Crippen molar-refractivity contribution in [2.75, 3.05) is 12.4 Å². The minimum absolute atomic E-state index is 0.114. The fraction of sp³-hybridized carbons (Fsp3) is 0.167. The van der Waals surface area contributed by atoms with Gasteiger partial charge in [-0.1, -0.05) is 60.3 Å². The molecular formula is C30H29N7O2S. The maximum atomic E-state index is 12.7. The molecule has 0 atom stereocenters. The number of carbonyl (C=O) groups is 1. The Morgan fingerprint density at radius 1 is 0.950 bits per heavy atom. The van der Waals surface area contributed by atoms with Crippen LogP contribution in [0.25, 0.3) is 22.8 Å². The van der Waals surface area contributed by atoms with Crippen molar-refractivity contribution in [1.82, 2.24) is 30.0 Å². The van der Waals surface area contributed by atoms with Crippen LogP contribution in [0.4, 0.5) is 0 Å². The monoisotopic (exact) mass is 551 g/mol. The molecule has 202 valence electrons. The molecule has 9 nitrogen and oxygen atoms in total. The van der Waals surface area contributed by atoms with Gasteiger partial charge in [0.25, 0.3) is 5.91 Å². The van der Waals surface area contributed by atoms with Crippen molar-refractivity contribution in [3.05, 3.63) is 102 Å². The Kier molecular flexibility index (Phi) is 8.36. The topological polar surface area (TPSA) is 99.2 Å². The molecule has 2 heterocycles. The molecule has 0 radical (unpaired) electrons. The number of nitrogens with one attached hydrogen (secondary N) is 1. The summed E-state index contributed by atoms with van der Waals surface area (Å²) in [5, 5.41) is 18.2. The molecule has 5 rings (SSSR count). The number of aromatic nitrogens is 5. The molecule has 0 aliphatic rings. The molecule has 2 aromatic heterocycles. The number of rotatable bonds is 10. The molecule has 0 fully saturated rings. The van der Waals surface area contributed by atoms with Crippen LogP contribution in [0.3, 0.4) is 0 Å². The average Bonchev–Trinajstić information content (AvgIpc) is 3.54. The molecule has 5 aromatic rings. The van der Waals surface area contributed by atoms with Gasteiger partial charge in [-0.15, -0.1) is 10.2 Å². The molecule has 0 bridgehead atoms. The molecule has 0 aliphatic carbocycles. The van der Waals surface area contributed by atoms with E-state index in [1.165, 1.54) is 11.8 Å². The highest BCUT2D eigenvalue weighted by atomic mass is 32.2. The van der Waals surface area contributed by atoms with Crippen LogP contribution >= 0.6 is 11.8 Å². The molecule has 0 spiro atoms. The first-order chi connectivity index (χ1) is 19.5. The van der Waals surface area contributed by atoms with E-state index in [0.717, 1.165) is 39.6 Å². The van der Waals surface area contributed by atoms with Crippen LogP contribution in [0.1, 0.15) is 23.9 Å². The summed E-state index contributed by atoms with van der Waals surface area (Å²) in [7, 11) is 0. The molecule has 0 aliphatic heterocycles. The number of benzene rings is 3. The van der Waals surface area contributed by atoms with E-state index in [1.807, 2.05) is 115 Å². The normalized spacial score (nSPS) is 11.2. The van der Waals surface area contributed by atoms with Gasteiger partial charge in [-0.3, -0.25) is 9.36 Å². The van der Waals surface area contributed by atoms with Crippen molar-refractivity contribution in [1.29, 1.82) is 0 Å². The Labute approximate surface area is 236 Å². The molecule has 0 saturated carbocycles. The first-order valence-corrected chi connectivity index (χ1v) is 13.8. The Morgan fingerprint density at radius 3 is 2.35 bits per heavy atom. The SMILES string of the molecule is CCOc1ccc(-n2c(SCC(=O)NN=Cc3c(C)nn(-c4ccccc4)c3C)nnc2-c2ccccc2)cc1. The standard InChI is InChI=1S/C30H29N7O2S/c1-4-39-26-17-15-24(16-18-26)36-29(23-11-7-5-8-12-23)33-34-30(36)40-20-28(38)32-31-19-27-21(2)35-37(22(27)3)25-13-9-6-10-14-25/h5-19H,4,20H2,1-3H3,(H,32,38). The summed E-state index contributed by atoms with van der Waals surface area (Å²) in [6.45, 7) is 6.44. The summed E-state index contributed by atoms with van der Waals surface area (Å²) in [6.07, 6.45) is 1.63. The third kappa shape index (κ3) is 5.97. The first-order valence-electron chi connectivity index (χ1n) is 12.9. The van der Waals surface area contributed by atoms with Crippen LogP contribution in [0.15, 0.2) is 95.2 Å². The predicted molar refractivity (Wildman–Crippen MR) is 157 cm³/mol. The van der Waals surface area contributed by atoms with Gasteiger partial charge in [-0.2, -0.15) is 10.2 Å². The second-order valence-electron chi connectivity index (χ2n) is 8.85. The van der Waals surface area contributed by atoms with E-state index in [1.54, 1.807) is 6.21 Å². The zero-order valence-corrected chi connectivity index (χ0v) is 23.3. The molecule has 3 aromatic carbocycles. The summed E-state index contributed by atoms with van der Waals surface area (Å²) < 4.78 is 9.40. The van der Waals surface area contributed by atoms with Crippen LogP contribution in [0, 0.1) is 13.8 Å². The fourth-order valence-electron chi connectivity index (χ4n) is 4.22. The van der Waals surface area contributed by atoms with Crippen molar-refractivity contribution in [2.24, 2.45) is 5.10 Å². The van der Waals surface area contributed by atoms with Gasteiger partial charge in [0.2, 0.25) is 0 Å². The lowest BCUT2D eigenvalue weighted by Crippen LogP contribution is -2.20. The van der Waals surface area contributed by atoms with Gasteiger partial charge in [0, 0.05) is 16.8 Å². The van der Waals surface area contributed by atoms with Crippen molar-refractivity contribution >= 4 is 23.9 Å². The van der Waals surface area contributed by atoms with E-state index in [4.69, 9.17) is 4.74 Å². The fourth-order valence-corrected chi connectivity index (χ4v) is 4.97. The minimum atomic E-state index is -0.255. The summed E-state index contributed by atoms with van der Waals surface area (Å²) in [6, 6.07) is 27.5. The van der Waals surface area contributed by atoms with Crippen molar-refractivity contribution in [3.63, 3.8) is 0 Å². The summed E-state index contributed by atoms with van der Waals surface area (Å²) >= 11 is 1.29. The van der Waals surface area contributed by atoms with Gasteiger partial charge in [0.1, 0.15) is 5.75 Å². The molecule has 1 amide bonds. The van der Waals surface area contributed by atoms with Crippen LogP contribution in [0.2, 0.25) is 0 Å². The summed E-state index contributed by atoms with van der Waals surface area (Å²) in [4.78, 5) is 12.7. The minimum Gasteiger partial charge on any atom is -0.494 e. The smallest absolute Gasteiger partial charge is 0.250 e. The Bertz CT molecular complexity index is 1610. The number of thioether (sulfide) groups is 1. The number of carbonyl (C=O) groups excluding carboxylic acids is 1. The Hall–Kier alpha value is -4.70. The quantitative estimate of drug-likeness (QED) is 0.142. The second-order valence-corrected chi connectivity index (χ2v) is 9.79. The lowest BCUT2D eigenvalue weighted by Gasteiger charge is -2.11.